The third-order valence-electron chi connectivity index (χ3n) is 3.37. The Morgan fingerprint density at radius 2 is 2.13 bits per heavy atom. The lowest BCUT2D eigenvalue weighted by Gasteiger charge is -2.20. The van der Waals surface area contributed by atoms with Crippen LogP contribution in [0.4, 0.5) is 18.9 Å². The summed E-state index contributed by atoms with van der Waals surface area (Å²) < 4.78 is 37.7. The van der Waals surface area contributed by atoms with Crippen molar-refractivity contribution in [3.05, 3.63) is 52.0 Å². The number of aromatic nitrogens is 1. The quantitative estimate of drug-likeness (QED) is 0.484. The van der Waals surface area contributed by atoms with E-state index in [2.05, 4.69) is 9.98 Å². The third-order valence-corrected chi connectivity index (χ3v) is 3.37. The standard InChI is InChI=1S/C14H16F3N5O/c15-14(16,17)11(19)7-1-3-8(4-2-7)22-12(20)10-9(18)5-6-21-13(10)23/h1-3,5-6,8,11H,4,19H2,(H2,20,22)(H3,18,21,23)/t8?,11-/m0/s1. The van der Waals surface area contributed by atoms with Gasteiger partial charge in [-0.3, -0.25) is 9.79 Å². The van der Waals surface area contributed by atoms with E-state index in [1.807, 2.05) is 0 Å². The Balaban J connectivity index is 2.17. The van der Waals surface area contributed by atoms with Crippen molar-refractivity contribution in [2.75, 3.05) is 5.73 Å². The maximum Gasteiger partial charge on any atom is 0.407 e. The van der Waals surface area contributed by atoms with Crippen LogP contribution in [0.1, 0.15) is 12.0 Å². The summed E-state index contributed by atoms with van der Waals surface area (Å²) in [6.07, 6.45) is 1.15. The van der Waals surface area contributed by atoms with Gasteiger partial charge in [0.2, 0.25) is 0 Å². The summed E-state index contributed by atoms with van der Waals surface area (Å²) in [6.45, 7) is 0. The van der Waals surface area contributed by atoms with Crippen LogP contribution in [0.5, 0.6) is 0 Å². The van der Waals surface area contributed by atoms with Gasteiger partial charge in [0.25, 0.3) is 5.56 Å². The molecule has 0 saturated carbocycles. The van der Waals surface area contributed by atoms with Crippen LogP contribution >= 0.6 is 0 Å². The van der Waals surface area contributed by atoms with E-state index in [-0.39, 0.29) is 29.1 Å². The minimum absolute atomic E-state index is 0.0282. The lowest BCUT2D eigenvalue weighted by atomic mass is 9.98. The number of halogens is 3. The zero-order valence-corrected chi connectivity index (χ0v) is 12.0. The van der Waals surface area contributed by atoms with Crippen molar-refractivity contribution in [1.82, 2.24) is 4.98 Å². The molecule has 0 fully saturated rings. The van der Waals surface area contributed by atoms with Gasteiger partial charge in [0, 0.05) is 11.9 Å². The van der Waals surface area contributed by atoms with Crippen LogP contribution in [0.25, 0.3) is 0 Å². The summed E-state index contributed by atoms with van der Waals surface area (Å²) in [4.78, 5) is 18.3. The molecule has 0 radical (unpaired) electrons. The number of alkyl halides is 3. The van der Waals surface area contributed by atoms with Crippen molar-refractivity contribution in [1.29, 1.82) is 0 Å². The monoisotopic (exact) mass is 327 g/mol. The number of nitrogens with zero attached hydrogens (tertiary/aromatic N) is 1. The van der Waals surface area contributed by atoms with Gasteiger partial charge in [-0.2, -0.15) is 13.2 Å². The molecule has 2 atom stereocenters. The zero-order chi connectivity index (χ0) is 17.2. The molecule has 1 aliphatic rings. The van der Waals surface area contributed by atoms with E-state index >= 15 is 0 Å². The van der Waals surface area contributed by atoms with Gasteiger partial charge < -0.3 is 22.2 Å². The fourth-order valence-electron chi connectivity index (χ4n) is 2.14. The summed E-state index contributed by atoms with van der Waals surface area (Å²) in [7, 11) is 0. The number of pyridine rings is 1. The van der Waals surface area contributed by atoms with Gasteiger partial charge in [-0.15, -0.1) is 0 Å². The first-order valence-electron chi connectivity index (χ1n) is 6.71. The van der Waals surface area contributed by atoms with Crippen molar-refractivity contribution in [3.63, 3.8) is 0 Å². The van der Waals surface area contributed by atoms with Crippen molar-refractivity contribution in [2.45, 2.75) is 24.7 Å². The summed E-state index contributed by atoms with van der Waals surface area (Å²) in [5.74, 6) is -0.0732. The lowest BCUT2D eigenvalue weighted by molar-refractivity contribution is -0.138. The van der Waals surface area contributed by atoms with E-state index in [4.69, 9.17) is 17.2 Å². The molecular weight excluding hydrogens is 311 g/mol. The first kappa shape index (κ1) is 16.8. The average Bonchev–Trinajstić information content (AvgIpc) is 2.46. The van der Waals surface area contributed by atoms with Gasteiger partial charge >= 0.3 is 6.18 Å². The van der Waals surface area contributed by atoms with E-state index in [1.54, 1.807) is 0 Å². The highest BCUT2D eigenvalue weighted by Gasteiger charge is 2.38. The van der Waals surface area contributed by atoms with Gasteiger partial charge in [0.1, 0.15) is 17.4 Å². The number of nitrogens with one attached hydrogen (secondary N) is 1. The molecule has 124 valence electrons. The minimum atomic E-state index is -4.50. The predicted octanol–water partition coefficient (Wildman–Crippen LogP) is 0.807. The number of nitrogen functional groups attached to an aromatic ring is 1. The number of hydrogen-bond acceptors (Lipinski definition) is 4. The highest BCUT2D eigenvalue weighted by atomic mass is 19.4. The summed E-state index contributed by atoms with van der Waals surface area (Å²) >= 11 is 0. The smallest absolute Gasteiger partial charge is 0.398 e. The number of anilines is 1. The fourth-order valence-corrected chi connectivity index (χ4v) is 2.14. The minimum Gasteiger partial charge on any atom is -0.398 e. The van der Waals surface area contributed by atoms with E-state index in [9.17, 15) is 18.0 Å². The lowest BCUT2D eigenvalue weighted by Crippen LogP contribution is -2.39. The molecule has 0 aromatic carbocycles. The maximum absolute atomic E-state index is 12.6. The number of nitrogens with two attached hydrogens (primary N) is 3. The highest BCUT2D eigenvalue weighted by Crippen LogP contribution is 2.27. The first-order chi connectivity index (χ1) is 10.7. The van der Waals surface area contributed by atoms with Crippen LogP contribution < -0.4 is 22.8 Å². The Morgan fingerprint density at radius 1 is 1.43 bits per heavy atom. The van der Waals surface area contributed by atoms with Gasteiger partial charge in [-0.1, -0.05) is 18.2 Å². The highest BCUT2D eigenvalue weighted by molar-refractivity contribution is 6.01. The molecule has 2 rings (SSSR count). The second kappa shape index (κ2) is 6.29. The van der Waals surface area contributed by atoms with Crippen molar-refractivity contribution in [2.24, 2.45) is 16.5 Å². The maximum atomic E-state index is 12.6. The molecule has 0 bridgehead atoms. The molecule has 0 spiro atoms. The molecule has 1 heterocycles. The first-order valence-corrected chi connectivity index (χ1v) is 6.71. The Hall–Kier alpha value is -2.55. The number of rotatable bonds is 3. The van der Waals surface area contributed by atoms with Crippen LogP contribution in [0, 0.1) is 0 Å². The molecule has 1 aliphatic carbocycles. The SMILES string of the molecule is NC(=NC1C=CC([C@H](N)C(F)(F)F)=CC1)c1c(N)cc[nH]c1=O. The Labute approximate surface area is 129 Å². The summed E-state index contributed by atoms with van der Waals surface area (Å²) in [6, 6.07) is -1.05. The molecule has 0 saturated heterocycles. The molecule has 1 aromatic heterocycles. The van der Waals surface area contributed by atoms with Crippen LogP contribution in [0.15, 0.2) is 45.9 Å². The molecule has 7 N–H and O–H groups in total. The van der Waals surface area contributed by atoms with E-state index < -0.39 is 23.8 Å². The predicted molar refractivity (Wildman–Crippen MR) is 81.9 cm³/mol. The number of hydrogen-bond donors (Lipinski definition) is 4. The Bertz CT molecular complexity index is 733. The van der Waals surface area contributed by atoms with Gasteiger partial charge in [-0.05, 0) is 18.1 Å². The van der Waals surface area contributed by atoms with Crippen molar-refractivity contribution >= 4 is 11.5 Å². The molecule has 1 unspecified atom stereocenters. The number of amidine groups is 1. The second-order valence-corrected chi connectivity index (χ2v) is 5.04. The van der Waals surface area contributed by atoms with E-state index in [0.717, 1.165) is 0 Å². The van der Waals surface area contributed by atoms with Crippen LogP contribution in [0.3, 0.4) is 0 Å². The van der Waals surface area contributed by atoms with Crippen LogP contribution in [-0.4, -0.2) is 29.1 Å². The van der Waals surface area contributed by atoms with Crippen LogP contribution in [-0.2, 0) is 0 Å². The largest absolute Gasteiger partial charge is 0.407 e. The fraction of sp³-hybridized carbons (Fsp3) is 0.286. The normalized spacial score (nSPS) is 20.3. The topological polar surface area (TPSA) is 123 Å². The number of aliphatic imine (C=N–C) groups is 1. The van der Waals surface area contributed by atoms with Gasteiger partial charge in [0.15, 0.2) is 0 Å². The molecular formula is C14H16F3N5O. The van der Waals surface area contributed by atoms with Gasteiger partial charge in [-0.25, -0.2) is 0 Å². The molecule has 0 amide bonds. The number of aromatic amines is 1. The summed E-state index contributed by atoms with van der Waals surface area (Å²) in [5.41, 5.74) is 16.3. The van der Waals surface area contributed by atoms with Crippen LogP contribution in [0.2, 0.25) is 0 Å². The Kier molecular flexibility index (Phi) is 4.60. The van der Waals surface area contributed by atoms with E-state index in [1.165, 1.54) is 30.5 Å². The zero-order valence-electron chi connectivity index (χ0n) is 12.0. The molecule has 6 nitrogen and oxygen atoms in total. The van der Waals surface area contributed by atoms with Gasteiger partial charge in [0.05, 0.1) is 6.04 Å². The third kappa shape index (κ3) is 3.81. The second-order valence-electron chi connectivity index (χ2n) is 5.04. The van der Waals surface area contributed by atoms with E-state index in [0.29, 0.717) is 0 Å². The molecule has 1 aromatic rings. The average molecular weight is 327 g/mol. The van der Waals surface area contributed by atoms with Crippen molar-refractivity contribution < 1.29 is 13.2 Å². The summed E-state index contributed by atoms with van der Waals surface area (Å²) in [5, 5.41) is 0. The molecule has 9 heteroatoms. The Morgan fingerprint density at radius 3 is 2.65 bits per heavy atom. The van der Waals surface area contributed by atoms with Crippen molar-refractivity contribution in [3.8, 4) is 0 Å². The number of H-pyrrole nitrogens is 1. The molecule has 0 aliphatic heterocycles. The molecule has 23 heavy (non-hydrogen) atoms.